The van der Waals surface area contributed by atoms with E-state index in [-0.39, 0.29) is 11.3 Å². The lowest BCUT2D eigenvalue weighted by molar-refractivity contribution is 0.0693. The molecule has 0 aliphatic rings. The molecular formula is C21H18O4. The molecular weight excluding hydrogens is 316 g/mol. The van der Waals surface area contributed by atoms with Crippen LogP contribution < -0.4 is 9.47 Å². The summed E-state index contributed by atoms with van der Waals surface area (Å²) >= 11 is 0. The average molecular weight is 334 g/mol. The number of carboxylic acids is 1. The molecule has 1 N–H and O–H groups in total. The van der Waals surface area contributed by atoms with Gasteiger partial charge in [-0.15, -0.1) is 0 Å². The molecule has 4 heteroatoms. The summed E-state index contributed by atoms with van der Waals surface area (Å²) in [6, 6.07) is 17.4. The van der Waals surface area contributed by atoms with Crippen LogP contribution in [0.5, 0.6) is 11.5 Å². The van der Waals surface area contributed by atoms with Gasteiger partial charge in [0.15, 0.2) is 0 Å². The van der Waals surface area contributed by atoms with E-state index in [1.54, 1.807) is 18.2 Å². The highest BCUT2D eigenvalue weighted by molar-refractivity contribution is 5.97. The Bertz CT molecular complexity index is 957. The Morgan fingerprint density at radius 3 is 2.36 bits per heavy atom. The molecule has 0 unspecified atom stereocenters. The fourth-order valence-electron chi connectivity index (χ4n) is 2.75. The number of carboxylic acid groups (broad SMARTS) is 1. The van der Waals surface area contributed by atoms with Gasteiger partial charge < -0.3 is 14.6 Å². The molecule has 0 radical (unpaired) electrons. The second-order valence-electron chi connectivity index (χ2n) is 5.54. The van der Waals surface area contributed by atoms with Crippen LogP contribution in [0.1, 0.15) is 21.5 Å². The molecule has 0 saturated carbocycles. The van der Waals surface area contributed by atoms with Crippen molar-refractivity contribution in [1.29, 1.82) is 0 Å². The van der Waals surface area contributed by atoms with E-state index in [1.807, 2.05) is 36.4 Å². The fourth-order valence-corrected chi connectivity index (χ4v) is 2.75. The van der Waals surface area contributed by atoms with Crippen molar-refractivity contribution >= 4 is 28.9 Å². The Kier molecular flexibility index (Phi) is 4.70. The number of hydrogen-bond acceptors (Lipinski definition) is 3. The van der Waals surface area contributed by atoms with Gasteiger partial charge in [0.2, 0.25) is 0 Å². The van der Waals surface area contributed by atoms with E-state index in [1.165, 1.54) is 14.2 Å². The SMILES string of the molecule is COc1cc(/C=C/c2ccc3ccccc3c2)c(C(=O)O)c(OC)c1. The van der Waals surface area contributed by atoms with Crippen LogP contribution in [0, 0.1) is 0 Å². The van der Waals surface area contributed by atoms with E-state index in [0.717, 1.165) is 16.3 Å². The summed E-state index contributed by atoms with van der Waals surface area (Å²) in [5.41, 5.74) is 1.62. The molecule has 3 aromatic rings. The van der Waals surface area contributed by atoms with Crippen molar-refractivity contribution in [2.75, 3.05) is 14.2 Å². The second-order valence-corrected chi connectivity index (χ2v) is 5.54. The van der Waals surface area contributed by atoms with Crippen molar-refractivity contribution in [1.82, 2.24) is 0 Å². The Hall–Kier alpha value is -3.27. The first kappa shape index (κ1) is 16.6. The van der Waals surface area contributed by atoms with E-state index in [2.05, 4.69) is 12.1 Å². The first-order valence-electron chi connectivity index (χ1n) is 7.78. The molecule has 25 heavy (non-hydrogen) atoms. The number of methoxy groups -OCH3 is 2. The number of aromatic carboxylic acids is 1. The van der Waals surface area contributed by atoms with E-state index >= 15 is 0 Å². The second kappa shape index (κ2) is 7.09. The zero-order valence-corrected chi connectivity index (χ0v) is 14.0. The molecule has 0 aromatic heterocycles. The smallest absolute Gasteiger partial charge is 0.340 e. The molecule has 0 aliphatic heterocycles. The maximum atomic E-state index is 11.6. The standard InChI is InChI=1S/C21H18O4/c1-24-18-12-17(20(21(22)23)19(13-18)25-2)10-8-14-7-9-15-5-3-4-6-16(15)11-14/h3-13H,1-2H3,(H,22,23)/b10-8+. The van der Waals surface area contributed by atoms with Crippen LogP contribution in [0.4, 0.5) is 0 Å². The predicted molar refractivity (Wildman–Crippen MR) is 99.4 cm³/mol. The third-order valence-corrected chi connectivity index (χ3v) is 4.00. The molecule has 126 valence electrons. The van der Waals surface area contributed by atoms with Gasteiger partial charge in [-0.25, -0.2) is 4.79 Å². The van der Waals surface area contributed by atoms with Crippen molar-refractivity contribution in [2.24, 2.45) is 0 Å². The van der Waals surface area contributed by atoms with Crippen molar-refractivity contribution in [3.05, 3.63) is 71.3 Å². The molecule has 0 saturated heterocycles. The zero-order chi connectivity index (χ0) is 17.8. The first-order valence-corrected chi connectivity index (χ1v) is 7.78. The van der Waals surface area contributed by atoms with Crippen LogP contribution in [0.15, 0.2) is 54.6 Å². The number of carbonyl (C=O) groups is 1. The summed E-state index contributed by atoms with van der Waals surface area (Å²) in [5.74, 6) is -0.234. The van der Waals surface area contributed by atoms with Crippen LogP contribution in [-0.4, -0.2) is 25.3 Å². The normalized spacial score (nSPS) is 11.0. The maximum absolute atomic E-state index is 11.6. The summed E-state index contributed by atoms with van der Waals surface area (Å²) in [6.45, 7) is 0. The summed E-state index contributed by atoms with van der Waals surface area (Å²) in [6.07, 6.45) is 3.64. The zero-order valence-electron chi connectivity index (χ0n) is 14.0. The maximum Gasteiger partial charge on any atom is 0.340 e. The minimum absolute atomic E-state index is 0.111. The third-order valence-electron chi connectivity index (χ3n) is 4.00. The molecule has 3 rings (SSSR count). The molecule has 3 aromatic carbocycles. The van der Waals surface area contributed by atoms with Gasteiger partial charge in [-0.05, 0) is 34.0 Å². The third kappa shape index (κ3) is 3.48. The van der Waals surface area contributed by atoms with Crippen molar-refractivity contribution in [3.8, 4) is 11.5 Å². The molecule has 0 amide bonds. The van der Waals surface area contributed by atoms with Gasteiger partial charge >= 0.3 is 5.97 Å². The van der Waals surface area contributed by atoms with Crippen molar-refractivity contribution < 1.29 is 19.4 Å². The molecule has 0 aliphatic carbocycles. The highest BCUT2D eigenvalue weighted by Gasteiger charge is 2.17. The van der Waals surface area contributed by atoms with Gasteiger partial charge in [-0.1, -0.05) is 48.6 Å². The first-order chi connectivity index (χ1) is 12.1. The van der Waals surface area contributed by atoms with Crippen LogP contribution in [0.3, 0.4) is 0 Å². The molecule has 0 heterocycles. The summed E-state index contributed by atoms with van der Waals surface area (Å²) in [4.78, 5) is 11.6. The predicted octanol–water partition coefficient (Wildman–Crippen LogP) is 4.73. The van der Waals surface area contributed by atoms with Gasteiger partial charge in [-0.2, -0.15) is 0 Å². The van der Waals surface area contributed by atoms with Crippen LogP contribution in [-0.2, 0) is 0 Å². The van der Waals surface area contributed by atoms with Crippen molar-refractivity contribution in [2.45, 2.75) is 0 Å². The number of benzene rings is 3. The summed E-state index contributed by atoms with van der Waals surface area (Å²) in [7, 11) is 2.98. The fraction of sp³-hybridized carbons (Fsp3) is 0.0952. The van der Waals surface area contributed by atoms with Crippen LogP contribution in [0.2, 0.25) is 0 Å². The lowest BCUT2D eigenvalue weighted by atomic mass is 10.0. The summed E-state index contributed by atoms with van der Waals surface area (Å²) in [5, 5.41) is 11.8. The molecule has 0 atom stereocenters. The van der Waals surface area contributed by atoms with Crippen LogP contribution in [0.25, 0.3) is 22.9 Å². The molecule has 0 spiro atoms. The van der Waals surface area contributed by atoms with Gasteiger partial charge in [0, 0.05) is 6.07 Å². The van der Waals surface area contributed by atoms with E-state index in [9.17, 15) is 9.90 Å². The van der Waals surface area contributed by atoms with Gasteiger partial charge in [0.25, 0.3) is 0 Å². The van der Waals surface area contributed by atoms with Crippen molar-refractivity contribution in [3.63, 3.8) is 0 Å². The minimum atomic E-state index is -1.04. The lowest BCUT2D eigenvalue weighted by Crippen LogP contribution is -2.04. The topological polar surface area (TPSA) is 55.8 Å². The number of fused-ring (bicyclic) bond motifs is 1. The molecule has 4 nitrogen and oxygen atoms in total. The highest BCUT2D eigenvalue weighted by atomic mass is 16.5. The average Bonchev–Trinajstić information content (AvgIpc) is 2.65. The Labute approximate surface area is 145 Å². The lowest BCUT2D eigenvalue weighted by Gasteiger charge is -2.11. The minimum Gasteiger partial charge on any atom is -0.497 e. The van der Waals surface area contributed by atoms with E-state index in [0.29, 0.717) is 11.3 Å². The number of hydrogen-bond donors (Lipinski definition) is 1. The number of ether oxygens (including phenoxy) is 2. The largest absolute Gasteiger partial charge is 0.497 e. The Morgan fingerprint density at radius 1 is 0.920 bits per heavy atom. The van der Waals surface area contributed by atoms with Gasteiger partial charge in [0.05, 0.1) is 14.2 Å². The summed E-state index contributed by atoms with van der Waals surface area (Å²) < 4.78 is 10.4. The Balaban J connectivity index is 2.05. The van der Waals surface area contributed by atoms with E-state index < -0.39 is 5.97 Å². The van der Waals surface area contributed by atoms with Crippen LogP contribution >= 0.6 is 0 Å². The highest BCUT2D eigenvalue weighted by Crippen LogP contribution is 2.30. The molecule has 0 fully saturated rings. The molecule has 0 bridgehead atoms. The monoisotopic (exact) mass is 334 g/mol. The van der Waals surface area contributed by atoms with Gasteiger partial charge in [0.1, 0.15) is 17.1 Å². The van der Waals surface area contributed by atoms with Gasteiger partial charge in [-0.3, -0.25) is 0 Å². The number of rotatable bonds is 5. The Morgan fingerprint density at radius 2 is 1.68 bits per heavy atom. The quantitative estimate of drug-likeness (QED) is 0.686. The van der Waals surface area contributed by atoms with E-state index in [4.69, 9.17) is 9.47 Å².